The molecule has 28 heavy (non-hydrogen) atoms. The highest BCUT2D eigenvalue weighted by Crippen LogP contribution is 2.25. The van der Waals surface area contributed by atoms with Gasteiger partial charge in [-0.25, -0.2) is 8.78 Å². The van der Waals surface area contributed by atoms with Gasteiger partial charge >= 0.3 is 0 Å². The third-order valence-corrected chi connectivity index (χ3v) is 4.85. The average Bonchev–Trinajstić information content (AvgIpc) is 3.37. The quantitative estimate of drug-likeness (QED) is 0.671. The van der Waals surface area contributed by atoms with Crippen molar-refractivity contribution in [2.45, 2.75) is 31.7 Å². The number of amides is 1. The lowest BCUT2D eigenvalue weighted by Crippen LogP contribution is -2.36. The second-order valence-corrected chi connectivity index (χ2v) is 6.69. The third kappa shape index (κ3) is 3.76. The molecule has 0 spiro atoms. The van der Waals surface area contributed by atoms with Crippen LogP contribution in [0.3, 0.4) is 0 Å². The molecule has 3 aromatic rings. The Morgan fingerprint density at radius 2 is 2.14 bits per heavy atom. The van der Waals surface area contributed by atoms with Crippen LogP contribution in [-0.4, -0.2) is 38.5 Å². The number of nitrogens with zero attached hydrogens (tertiary/aromatic N) is 4. The van der Waals surface area contributed by atoms with E-state index in [2.05, 4.69) is 15.1 Å². The fourth-order valence-electron chi connectivity index (χ4n) is 3.46. The van der Waals surface area contributed by atoms with Crippen molar-refractivity contribution in [3.63, 3.8) is 0 Å². The maximum Gasteiger partial charge on any atom is 0.276 e. The van der Waals surface area contributed by atoms with Gasteiger partial charge in [0.1, 0.15) is 17.3 Å². The number of benzene rings is 1. The van der Waals surface area contributed by atoms with E-state index in [0.29, 0.717) is 36.8 Å². The Balaban J connectivity index is 1.43. The molecule has 8 heteroatoms. The summed E-state index contributed by atoms with van der Waals surface area (Å²) >= 11 is 0. The molecule has 1 aliphatic heterocycles. The maximum absolute atomic E-state index is 14.0. The Labute approximate surface area is 160 Å². The van der Waals surface area contributed by atoms with E-state index in [4.69, 9.17) is 4.52 Å². The number of pyridine rings is 1. The molecule has 1 aromatic carbocycles. The number of rotatable bonds is 5. The molecule has 6 nitrogen and oxygen atoms in total. The van der Waals surface area contributed by atoms with Crippen molar-refractivity contribution in [3.05, 3.63) is 65.6 Å². The molecule has 1 saturated heterocycles. The summed E-state index contributed by atoms with van der Waals surface area (Å²) in [6.45, 7) is 0.519. The molecule has 0 saturated carbocycles. The number of carbonyl (C=O) groups is 1. The molecule has 1 atom stereocenters. The van der Waals surface area contributed by atoms with Gasteiger partial charge in [0.05, 0.1) is 5.56 Å². The minimum Gasteiger partial charge on any atom is -0.336 e. The monoisotopic (exact) mass is 384 g/mol. The predicted octanol–water partition coefficient (Wildman–Crippen LogP) is 3.65. The average molecular weight is 384 g/mol. The summed E-state index contributed by atoms with van der Waals surface area (Å²) in [5.74, 6) is -0.958. The SMILES string of the molecule is O=C(c1cc(F)ccc1F)N1CCCC1CCc1noc(-c2ccccn2)n1. The Hall–Kier alpha value is -3.16. The number of hydrogen-bond acceptors (Lipinski definition) is 5. The van der Waals surface area contributed by atoms with Gasteiger partial charge < -0.3 is 9.42 Å². The number of carbonyl (C=O) groups excluding carboxylic acids is 1. The highest BCUT2D eigenvalue weighted by atomic mass is 19.1. The molecular weight excluding hydrogens is 366 g/mol. The molecule has 0 bridgehead atoms. The summed E-state index contributed by atoms with van der Waals surface area (Å²) in [5.41, 5.74) is 0.365. The number of aromatic nitrogens is 3. The van der Waals surface area contributed by atoms with Gasteiger partial charge in [-0.2, -0.15) is 4.98 Å². The lowest BCUT2D eigenvalue weighted by atomic mass is 10.1. The zero-order valence-electron chi connectivity index (χ0n) is 15.0. The third-order valence-electron chi connectivity index (χ3n) is 4.85. The second kappa shape index (κ2) is 7.84. The number of halogens is 2. The van der Waals surface area contributed by atoms with Gasteiger partial charge in [0.15, 0.2) is 5.82 Å². The molecule has 1 fully saturated rings. The van der Waals surface area contributed by atoms with Crippen LogP contribution in [0.4, 0.5) is 8.78 Å². The minimum atomic E-state index is -0.713. The minimum absolute atomic E-state index is 0.0769. The molecule has 0 N–H and O–H groups in total. The maximum atomic E-state index is 14.0. The van der Waals surface area contributed by atoms with Crippen molar-refractivity contribution < 1.29 is 18.1 Å². The molecule has 2 aromatic heterocycles. The Bertz CT molecular complexity index is 977. The number of hydrogen-bond donors (Lipinski definition) is 0. The van der Waals surface area contributed by atoms with Crippen molar-refractivity contribution in [2.75, 3.05) is 6.54 Å². The number of aryl methyl sites for hydroxylation is 1. The standard InChI is InChI=1S/C20H18F2N4O2/c21-13-6-8-16(22)15(12-13)20(27)26-11-3-4-14(26)7-9-18-24-19(28-25-18)17-5-1-2-10-23-17/h1-2,5-6,8,10,12,14H,3-4,7,9,11H2. The van der Waals surface area contributed by atoms with Crippen LogP contribution in [0.25, 0.3) is 11.6 Å². The van der Waals surface area contributed by atoms with Crippen molar-refractivity contribution in [2.24, 2.45) is 0 Å². The number of likely N-dealkylation sites (tertiary alicyclic amines) is 1. The van der Waals surface area contributed by atoms with Crippen LogP contribution in [0.1, 0.15) is 35.4 Å². The van der Waals surface area contributed by atoms with Gasteiger partial charge in [-0.15, -0.1) is 0 Å². The first-order valence-electron chi connectivity index (χ1n) is 9.12. The largest absolute Gasteiger partial charge is 0.336 e. The van der Waals surface area contributed by atoms with Gasteiger partial charge in [-0.05, 0) is 49.6 Å². The Morgan fingerprint density at radius 3 is 2.96 bits per heavy atom. The van der Waals surface area contributed by atoms with Crippen LogP contribution in [0.15, 0.2) is 47.1 Å². The summed E-state index contributed by atoms with van der Waals surface area (Å²) in [7, 11) is 0. The van der Waals surface area contributed by atoms with Crippen LogP contribution in [0, 0.1) is 11.6 Å². The van der Waals surface area contributed by atoms with E-state index in [1.54, 1.807) is 23.2 Å². The molecule has 1 unspecified atom stereocenters. The fourth-order valence-corrected chi connectivity index (χ4v) is 3.46. The van der Waals surface area contributed by atoms with Crippen LogP contribution in [0.5, 0.6) is 0 Å². The summed E-state index contributed by atoms with van der Waals surface area (Å²) in [4.78, 5) is 22.8. The van der Waals surface area contributed by atoms with Gasteiger partial charge in [0, 0.05) is 25.2 Å². The van der Waals surface area contributed by atoms with Crippen molar-refractivity contribution in [1.82, 2.24) is 20.0 Å². The van der Waals surface area contributed by atoms with E-state index in [9.17, 15) is 13.6 Å². The van der Waals surface area contributed by atoms with Crippen LogP contribution >= 0.6 is 0 Å². The second-order valence-electron chi connectivity index (χ2n) is 6.69. The molecule has 0 aliphatic carbocycles. The summed E-state index contributed by atoms with van der Waals surface area (Å²) in [5, 5.41) is 3.97. The molecular formula is C20H18F2N4O2. The first-order chi connectivity index (χ1) is 13.6. The summed E-state index contributed by atoms with van der Waals surface area (Å²) < 4.78 is 32.6. The lowest BCUT2D eigenvalue weighted by Gasteiger charge is -2.24. The molecule has 3 heterocycles. The van der Waals surface area contributed by atoms with E-state index in [-0.39, 0.29) is 11.6 Å². The Morgan fingerprint density at radius 1 is 1.25 bits per heavy atom. The van der Waals surface area contributed by atoms with Crippen molar-refractivity contribution in [3.8, 4) is 11.6 Å². The Kier molecular flexibility index (Phi) is 5.10. The lowest BCUT2D eigenvalue weighted by molar-refractivity contribution is 0.0725. The van der Waals surface area contributed by atoms with E-state index in [1.165, 1.54) is 0 Å². The zero-order valence-corrected chi connectivity index (χ0v) is 15.0. The first-order valence-corrected chi connectivity index (χ1v) is 9.12. The van der Waals surface area contributed by atoms with Crippen LogP contribution < -0.4 is 0 Å². The van der Waals surface area contributed by atoms with Gasteiger partial charge in [-0.1, -0.05) is 11.2 Å². The summed E-state index contributed by atoms with van der Waals surface area (Å²) in [6.07, 6.45) is 4.39. The van der Waals surface area contributed by atoms with Crippen LogP contribution in [-0.2, 0) is 6.42 Å². The van der Waals surface area contributed by atoms with E-state index < -0.39 is 17.5 Å². The van der Waals surface area contributed by atoms with Crippen molar-refractivity contribution >= 4 is 5.91 Å². The topological polar surface area (TPSA) is 72.1 Å². The predicted molar refractivity (Wildman–Crippen MR) is 96.3 cm³/mol. The first kappa shape index (κ1) is 18.2. The van der Waals surface area contributed by atoms with E-state index >= 15 is 0 Å². The van der Waals surface area contributed by atoms with E-state index in [0.717, 1.165) is 31.0 Å². The normalized spacial score (nSPS) is 16.5. The van der Waals surface area contributed by atoms with Crippen molar-refractivity contribution in [1.29, 1.82) is 0 Å². The van der Waals surface area contributed by atoms with Gasteiger partial charge in [0.25, 0.3) is 11.8 Å². The highest BCUT2D eigenvalue weighted by molar-refractivity contribution is 5.94. The van der Waals surface area contributed by atoms with Crippen LogP contribution in [0.2, 0.25) is 0 Å². The molecule has 144 valence electrons. The molecule has 1 amide bonds. The fraction of sp³-hybridized carbons (Fsp3) is 0.300. The van der Waals surface area contributed by atoms with Gasteiger partial charge in [-0.3, -0.25) is 9.78 Å². The molecule has 0 radical (unpaired) electrons. The zero-order chi connectivity index (χ0) is 19.5. The smallest absolute Gasteiger partial charge is 0.276 e. The highest BCUT2D eigenvalue weighted by Gasteiger charge is 2.31. The van der Waals surface area contributed by atoms with E-state index in [1.807, 2.05) is 6.07 Å². The van der Waals surface area contributed by atoms with Gasteiger partial charge in [0.2, 0.25) is 0 Å². The molecule has 1 aliphatic rings. The molecule has 4 rings (SSSR count). The summed E-state index contributed by atoms with van der Waals surface area (Å²) in [6, 6.07) is 8.27.